The number of halogens is 2. The largest absolute Gasteiger partial charge is 0.492 e. The van der Waals surface area contributed by atoms with Crippen LogP contribution in [0.15, 0.2) is 73.2 Å². The summed E-state index contributed by atoms with van der Waals surface area (Å²) in [5.41, 5.74) is 2.52. The highest BCUT2D eigenvalue weighted by Crippen LogP contribution is 2.34. The Bertz CT molecular complexity index is 2890. The van der Waals surface area contributed by atoms with Crippen molar-refractivity contribution >= 4 is 57.5 Å². The van der Waals surface area contributed by atoms with Crippen molar-refractivity contribution in [3.05, 3.63) is 95.9 Å². The Morgan fingerprint density at radius 3 is 2.38 bits per heavy atom. The van der Waals surface area contributed by atoms with Gasteiger partial charge in [-0.3, -0.25) is 29.3 Å². The molecular weight excluding hydrogens is 887 g/mol. The number of nitrogens with zero attached hydrogens (tertiary/aromatic N) is 8. The standard InChI is InChI=1S/C50H56F2N12O5/c1-3-69-36-28-38(44-34(29-53)31-57-64(44)32-36)33-15-18-42(56-30-33)62-25-20-50(21-26-62,59-47(66)39-27-35(51)16-17-40(39)52)48(67)55-23-11-9-7-5-4-6-8-10-22-54-41-14-12-13-37-45(41)61(2)60-46(37)63-24-19-43(65)58-49(63)68/h12-18,27-28,30-32,54H,3-11,19-26H2,1-2H3,(H,55,67)(H,59,66)(H,58,65,68). The van der Waals surface area contributed by atoms with Gasteiger partial charge in [-0.25, -0.2) is 23.1 Å². The number of rotatable bonds is 20. The van der Waals surface area contributed by atoms with Crippen LogP contribution in [0.3, 0.4) is 0 Å². The smallest absolute Gasteiger partial charge is 0.329 e. The Kier molecular flexibility index (Phi) is 15.0. The molecule has 0 aliphatic carbocycles. The molecule has 0 radical (unpaired) electrons. The van der Waals surface area contributed by atoms with Crippen molar-refractivity contribution in [1.82, 2.24) is 40.3 Å². The number of aryl methyl sites for hydroxylation is 1. The molecule has 8 rings (SSSR count). The zero-order valence-corrected chi connectivity index (χ0v) is 38.8. The van der Waals surface area contributed by atoms with Gasteiger partial charge in [0.1, 0.15) is 34.8 Å². The number of nitrogens with one attached hydrogen (secondary N) is 4. The van der Waals surface area contributed by atoms with E-state index in [0.717, 1.165) is 104 Å². The van der Waals surface area contributed by atoms with Crippen molar-refractivity contribution in [3.8, 4) is 22.9 Å². The van der Waals surface area contributed by atoms with Gasteiger partial charge in [-0.1, -0.05) is 44.6 Å². The molecule has 6 heterocycles. The molecule has 2 aromatic carbocycles. The molecule has 360 valence electrons. The van der Waals surface area contributed by atoms with Crippen LogP contribution in [0.25, 0.3) is 27.5 Å². The lowest BCUT2D eigenvalue weighted by atomic mass is 9.85. The molecule has 6 aromatic rings. The number of para-hydroxylation sites is 1. The second kappa shape index (κ2) is 21.6. The third kappa shape index (κ3) is 10.7. The fraction of sp³-hybridized carbons (Fsp3) is 0.400. The summed E-state index contributed by atoms with van der Waals surface area (Å²) in [6.07, 6.45) is 13.5. The lowest BCUT2D eigenvalue weighted by Gasteiger charge is -2.41. The van der Waals surface area contributed by atoms with Gasteiger partial charge in [-0.2, -0.15) is 15.5 Å². The Morgan fingerprint density at radius 1 is 0.913 bits per heavy atom. The van der Waals surface area contributed by atoms with Crippen LogP contribution in [0.4, 0.5) is 30.9 Å². The molecular formula is C50H56F2N12O5. The van der Waals surface area contributed by atoms with Crippen molar-refractivity contribution in [2.45, 2.75) is 83.1 Å². The van der Waals surface area contributed by atoms with Gasteiger partial charge < -0.3 is 25.6 Å². The number of amides is 5. The molecule has 17 nitrogen and oxygen atoms in total. The summed E-state index contributed by atoms with van der Waals surface area (Å²) in [7, 11) is 1.84. The second-order valence-electron chi connectivity index (χ2n) is 17.5. The quantitative estimate of drug-likeness (QED) is 0.0556. The number of nitriles is 1. The second-order valence-corrected chi connectivity index (χ2v) is 17.5. The summed E-state index contributed by atoms with van der Waals surface area (Å²) >= 11 is 0. The Balaban J connectivity index is 0.797. The van der Waals surface area contributed by atoms with E-state index in [1.165, 1.54) is 11.1 Å². The number of ether oxygens (including phenoxy) is 1. The molecule has 0 unspecified atom stereocenters. The van der Waals surface area contributed by atoms with Crippen LogP contribution >= 0.6 is 0 Å². The van der Waals surface area contributed by atoms with Crippen LogP contribution < -0.4 is 35.8 Å². The third-order valence-corrected chi connectivity index (χ3v) is 12.8. The van der Waals surface area contributed by atoms with E-state index in [1.54, 1.807) is 21.6 Å². The zero-order chi connectivity index (χ0) is 48.5. The van der Waals surface area contributed by atoms with Crippen molar-refractivity contribution < 1.29 is 32.7 Å². The number of aromatic nitrogens is 5. The summed E-state index contributed by atoms with van der Waals surface area (Å²) in [5.74, 6) is -1.39. The first kappa shape index (κ1) is 47.9. The molecule has 0 saturated carbocycles. The van der Waals surface area contributed by atoms with E-state index in [1.807, 2.05) is 55.3 Å². The molecule has 4 N–H and O–H groups in total. The van der Waals surface area contributed by atoms with E-state index in [2.05, 4.69) is 37.5 Å². The van der Waals surface area contributed by atoms with E-state index in [9.17, 15) is 33.2 Å². The number of imide groups is 1. The summed E-state index contributed by atoms with van der Waals surface area (Å²) in [6.45, 7) is 4.51. The van der Waals surface area contributed by atoms with Gasteiger partial charge in [0.05, 0.1) is 46.8 Å². The van der Waals surface area contributed by atoms with Crippen molar-refractivity contribution in [3.63, 3.8) is 0 Å². The highest BCUT2D eigenvalue weighted by Gasteiger charge is 2.43. The van der Waals surface area contributed by atoms with Gasteiger partial charge in [-0.05, 0) is 81.1 Å². The van der Waals surface area contributed by atoms with Crippen LogP contribution in [0, 0.1) is 23.0 Å². The zero-order valence-electron chi connectivity index (χ0n) is 38.8. The molecule has 0 bridgehead atoms. The molecule has 0 spiro atoms. The van der Waals surface area contributed by atoms with E-state index < -0.39 is 34.7 Å². The van der Waals surface area contributed by atoms with E-state index in [-0.39, 0.29) is 37.6 Å². The van der Waals surface area contributed by atoms with Gasteiger partial charge >= 0.3 is 6.03 Å². The highest BCUT2D eigenvalue weighted by atomic mass is 19.1. The SMILES string of the molecule is CCOc1cc(-c2ccc(N3CCC(NC(=O)c4cc(F)ccc4F)(C(=O)NCCCCCCCCCCNc4cccc5c(N6CCC(=O)NC6=O)nn(C)c45)CC3)nc2)c2c(C#N)cnn2c1. The van der Waals surface area contributed by atoms with Crippen molar-refractivity contribution in [1.29, 1.82) is 5.26 Å². The monoisotopic (exact) mass is 942 g/mol. The number of pyridine rings is 2. The fourth-order valence-electron chi connectivity index (χ4n) is 9.19. The van der Waals surface area contributed by atoms with Gasteiger partial charge in [0.25, 0.3) is 5.91 Å². The van der Waals surface area contributed by atoms with E-state index in [0.29, 0.717) is 54.7 Å². The molecule has 69 heavy (non-hydrogen) atoms. The lowest BCUT2D eigenvalue weighted by Crippen LogP contribution is -2.63. The first-order chi connectivity index (χ1) is 33.5. The molecule has 4 aromatic heterocycles. The molecule has 5 amide bonds. The average Bonchev–Trinajstić information content (AvgIpc) is 3.93. The van der Waals surface area contributed by atoms with E-state index >= 15 is 0 Å². The first-order valence-corrected chi connectivity index (χ1v) is 23.6. The maximum atomic E-state index is 14.8. The number of fused-ring (bicyclic) bond motifs is 2. The molecule has 19 heteroatoms. The van der Waals surface area contributed by atoms with Gasteiger partial charge in [0.2, 0.25) is 11.8 Å². The predicted octanol–water partition coefficient (Wildman–Crippen LogP) is 7.40. The van der Waals surface area contributed by atoms with E-state index in [4.69, 9.17) is 9.72 Å². The minimum atomic E-state index is -1.37. The first-order valence-electron chi connectivity index (χ1n) is 23.6. The predicted molar refractivity (Wildman–Crippen MR) is 257 cm³/mol. The summed E-state index contributed by atoms with van der Waals surface area (Å²) in [4.78, 5) is 59.9. The van der Waals surface area contributed by atoms with Gasteiger partial charge in [0, 0.05) is 68.9 Å². The van der Waals surface area contributed by atoms with Gasteiger partial charge in [0.15, 0.2) is 5.82 Å². The maximum Gasteiger partial charge on any atom is 0.329 e. The molecule has 0 atom stereocenters. The number of carbonyl (C=O) groups excluding carboxylic acids is 4. The third-order valence-electron chi connectivity index (χ3n) is 12.8. The molecule has 2 fully saturated rings. The normalized spacial score (nSPS) is 14.7. The number of piperidine rings is 1. The number of unbranched alkanes of at least 4 members (excludes halogenated alkanes) is 7. The Morgan fingerprint density at radius 2 is 1.67 bits per heavy atom. The highest BCUT2D eigenvalue weighted by molar-refractivity contribution is 6.10. The number of benzene rings is 2. The Hall–Kier alpha value is -7.62. The van der Waals surface area contributed by atoms with Gasteiger partial charge in [-0.15, -0.1) is 0 Å². The van der Waals surface area contributed by atoms with Crippen LogP contribution in [0.2, 0.25) is 0 Å². The maximum absolute atomic E-state index is 14.8. The number of anilines is 3. The van der Waals surface area contributed by atoms with Crippen LogP contribution in [-0.4, -0.2) is 93.0 Å². The van der Waals surface area contributed by atoms with Crippen molar-refractivity contribution in [2.75, 3.05) is 54.4 Å². The van der Waals surface area contributed by atoms with Crippen LogP contribution in [0.1, 0.15) is 93.5 Å². The molecule has 2 aliphatic heterocycles. The lowest BCUT2D eigenvalue weighted by molar-refractivity contribution is -0.128. The van der Waals surface area contributed by atoms with Crippen LogP contribution in [-0.2, 0) is 16.6 Å². The number of carbonyl (C=O) groups is 4. The Labute approximate surface area is 398 Å². The number of hydrogen-bond acceptors (Lipinski definition) is 11. The molecule has 2 saturated heterocycles. The minimum Gasteiger partial charge on any atom is -0.492 e. The number of hydrogen-bond donors (Lipinski definition) is 4. The fourth-order valence-corrected chi connectivity index (χ4v) is 9.19. The van der Waals surface area contributed by atoms with Crippen molar-refractivity contribution in [2.24, 2.45) is 7.05 Å². The summed E-state index contributed by atoms with van der Waals surface area (Å²) in [6, 6.07) is 15.9. The summed E-state index contributed by atoms with van der Waals surface area (Å²) in [5, 5.41) is 31.3. The average molecular weight is 943 g/mol. The molecule has 2 aliphatic rings. The topological polar surface area (TPSA) is 204 Å². The number of urea groups is 1. The minimum absolute atomic E-state index is 0.196. The summed E-state index contributed by atoms with van der Waals surface area (Å²) < 4.78 is 38.0. The van der Waals surface area contributed by atoms with Crippen LogP contribution in [0.5, 0.6) is 5.75 Å².